The van der Waals surface area contributed by atoms with Crippen molar-refractivity contribution in [2.24, 2.45) is 5.92 Å². The van der Waals surface area contributed by atoms with Crippen molar-refractivity contribution in [3.63, 3.8) is 0 Å². The van der Waals surface area contributed by atoms with Crippen molar-refractivity contribution in [1.29, 1.82) is 0 Å². The van der Waals surface area contributed by atoms with Crippen molar-refractivity contribution in [1.82, 2.24) is 9.55 Å². The fourth-order valence-corrected chi connectivity index (χ4v) is 5.65. The van der Waals surface area contributed by atoms with Crippen molar-refractivity contribution in [3.05, 3.63) is 50.6 Å². The molecule has 188 valence electrons. The quantitative estimate of drug-likeness (QED) is 0.178. The number of carboxylic acid groups (broad SMARTS) is 1. The number of carboxylic acids is 1. The fraction of sp³-hybridized carbons (Fsp3) is 0.615. The second-order valence-electron chi connectivity index (χ2n) is 8.93. The smallest absolute Gasteiger partial charge is 0.311 e. The van der Waals surface area contributed by atoms with Gasteiger partial charge in [-0.15, -0.1) is 0 Å². The molecule has 8 heteroatoms. The molecule has 0 saturated heterocycles. The van der Waals surface area contributed by atoms with Crippen LogP contribution in [0.1, 0.15) is 80.3 Å². The van der Waals surface area contributed by atoms with Crippen LogP contribution in [-0.2, 0) is 32.0 Å². The fourth-order valence-electron chi connectivity index (χ4n) is 4.83. The van der Waals surface area contributed by atoms with Gasteiger partial charge in [-0.3, -0.25) is 4.79 Å². The van der Waals surface area contributed by atoms with Gasteiger partial charge in [-0.05, 0) is 58.9 Å². The number of hydrogen-bond acceptors (Lipinski definition) is 5. The summed E-state index contributed by atoms with van der Waals surface area (Å²) in [5.41, 5.74) is 2.90. The summed E-state index contributed by atoms with van der Waals surface area (Å²) in [6, 6.07) is 8.08. The number of aromatic nitrogens is 2. The zero-order valence-electron chi connectivity index (χ0n) is 20.5. The molecule has 34 heavy (non-hydrogen) atoms. The topological polar surface area (TPSA) is 82.8 Å². The number of hydrogen-bond donors (Lipinski definition) is 1. The normalized spacial score (nSPS) is 16.1. The van der Waals surface area contributed by atoms with Crippen LogP contribution in [0.15, 0.2) is 24.3 Å². The second kappa shape index (κ2) is 13.6. The lowest BCUT2D eigenvalue weighted by Gasteiger charge is -2.21. The second-order valence-corrected chi connectivity index (χ2v) is 9.95. The van der Waals surface area contributed by atoms with Crippen LogP contribution in [0.5, 0.6) is 0 Å². The van der Waals surface area contributed by atoms with E-state index in [4.69, 9.17) is 19.2 Å². The maximum atomic E-state index is 12.0. The van der Waals surface area contributed by atoms with E-state index in [0.717, 1.165) is 71.3 Å². The van der Waals surface area contributed by atoms with Gasteiger partial charge in [-0.1, -0.05) is 50.5 Å². The number of methoxy groups -OCH3 is 2. The van der Waals surface area contributed by atoms with Crippen molar-refractivity contribution >= 4 is 28.6 Å². The van der Waals surface area contributed by atoms with Crippen LogP contribution in [0.2, 0.25) is 0 Å². The Morgan fingerprint density at radius 1 is 1.21 bits per heavy atom. The molecule has 1 saturated carbocycles. The van der Waals surface area contributed by atoms with E-state index >= 15 is 0 Å². The molecule has 1 aromatic carbocycles. The molecule has 1 aliphatic carbocycles. The number of halogens is 1. The molecule has 7 nitrogen and oxygen atoms in total. The number of aliphatic carboxylic acids is 1. The predicted octanol–water partition coefficient (Wildman–Crippen LogP) is 5.55. The third-order valence-electron chi connectivity index (χ3n) is 6.61. The molecule has 1 heterocycles. The molecule has 1 aliphatic rings. The van der Waals surface area contributed by atoms with Crippen LogP contribution < -0.4 is 0 Å². The highest BCUT2D eigenvalue weighted by atomic mass is 127. The van der Waals surface area contributed by atoms with Gasteiger partial charge in [0.1, 0.15) is 15.2 Å². The summed E-state index contributed by atoms with van der Waals surface area (Å²) in [5.74, 6) is 0.104. The SMILES string of the molecule is CCCCc1nc(I)c(C(OC)OCCOC)n1Cc1ccc(C(C(=O)O)C2CCCC2)cc1. The van der Waals surface area contributed by atoms with Gasteiger partial charge in [0.05, 0.1) is 19.1 Å². The first-order chi connectivity index (χ1) is 16.5. The molecule has 1 N–H and O–H groups in total. The van der Waals surface area contributed by atoms with Gasteiger partial charge in [0.15, 0.2) is 0 Å². The van der Waals surface area contributed by atoms with Crippen LogP contribution in [0, 0.1) is 9.62 Å². The Morgan fingerprint density at radius 2 is 1.91 bits per heavy atom. The van der Waals surface area contributed by atoms with E-state index in [0.29, 0.717) is 19.8 Å². The Bertz CT molecular complexity index is 909. The summed E-state index contributed by atoms with van der Waals surface area (Å²) in [6.07, 6.45) is 6.73. The number of imidazole rings is 1. The van der Waals surface area contributed by atoms with E-state index in [2.05, 4.69) is 34.1 Å². The minimum absolute atomic E-state index is 0.234. The van der Waals surface area contributed by atoms with Crippen LogP contribution in [0.25, 0.3) is 0 Å². The lowest BCUT2D eigenvalue weighted by atomic mass is 9.84. The molecule has 0 spiro atoms. The number of ether oxygens (including phenoxy) is 3. The maximum Gasteiger partial charge on any atom is 0.311 e. The summed E-state index contributed by atoms with van der Waals surface area (Å²) in [7, 11) is 3.29. The largest absolute Gasteiger partial charge is 0.481 e. The standard InChI is InChI=1S/C26H37IN2O5/c1-4-5-10-21-28-24(27)23(26(33-3)34-16-15-32-2)29(21)17-18-11-13-20(14-12-18)22(25(30)31)19-8-6-7-9-19/h11-14,19,22,26H,4-10,15-17H2,1-3H3,(H,30,31). The van der Waals surface area contributed by atoms with Gasteiger partial charge in [-0.25, -0.2) is 4.98 Å². The van der Waals surface area contributed by atoms with Crippen molar-refractivity contribution in [2.45, 2.75) is 70.6 Å². The number of unbranched alkanes of at least 4 members (excludes halogenated alkanes) is 1. The summed E-state index contributed by atoms with van der Waals surface area (Å²) in [6.45, 7) is 3.71. The van der Waals surface area contributed by atoms with Gasteiger partial charge in [0, 0.05) is 27.2 Å². The number of aryl methyl sites for hydroxylation is 1. The van der Waals surface area contributed by atoms with Gasteiger partial charge >= 0.3 is 5.97 Å². The van der Waals surface area contributed by atoms with E-state index < -0.39 is 18.2 Å². The first-order valence-electron chi connectivity index (χ1n) is 12.2. The highest BCUT2D eigenvalue weighted by Crippen LogP contribution is 2.37. The Kier molecular flexibility index (Phi) is 10.8. The monoisotopic (exact) mass is 584 g/mol. The maximum absolute atomic E-state index is 12.0. The molecule has 1 fully saturated rings. The minimum Gasteiger partial charge on any atom is -0.481 e. The van der Waals surface area contributed by atoms with Gasteiger partial charge in [-0.2, -0.15) is 0 Å². The third-order valence-corrected chi connectivity index (χ3v) is 7.40. The van der Waals surface area contributed by atoms with Crippen LogP contribution in [-0.4, -0.2) is 48.1 Å². The summed E-state index contributed by atoms with van der Waals surface area (Å²) >= 11 is 2.26. The van der Waals surface area contributed by atoms with Crippen molar-refractivity contribution < 1.29 is 24.1 Å². The Morgan fingerprint density at radius 3 is 2.50 bits per heavy atom. The molecule has 2 aromatic rings. The molecule has 0 aliphatic heterocycles. The van der Waals surface area contributed by atoms with E-state index in [1.807, 2.05) is 24.3 Å². The first kappa shape index (κ1) is 27.1. The molecule has 2 atom stereocenters. The van der Waals surface area contributed by atoms with Crippen molar-refractivity contribution in [3.8, 4) is 0 Å². The summed E-state index contributed by atoms with van der Waals surface area (Å²) in [5, 5.41) is 9.88. The zero-order valence-corrected chi connectivity index (χ0v) is 22.6. The van der Waals surface area contributed by atoms with Gasteiger partial charge < -0.3 is 23.9 Å². The van der Waals surface area contributed by atoms with E-state index in [1.165, 1.54) is 0 Å². The van der Waals surface area contributed by atoms with Crippen molar-refractivity contribution in [2.75, 3.05) is 27.4 Å². The van der Waals surface area contributed by atoms with Gasteiger partial charge in [0.2, 0.25) is 6.29 Å². The average Bonchev–Trinajstić information content (AvgIpc) is 3.45. The number of nitrogens with zero attached hydrogens (tertiary/aromatic N) is 2. The Labute approximate surface area is 216 Å². The summed E-state index contributed by atoms with van der Waals surface area (Å²) in [4.78, 5) is 16.9. The molecule has 1 aromatic heterocycles. The third kappa shape index (κ3) is 6.80. The first-order valence-corrected chi connectivity index (χ1v) is 13.3. The van der Waals surface area contributed by atoms with Crippen LogP contribution in [0.4, 0.5) is 0 Å². The lowest BCUT2D eigenvalue weighted by molar-refractivity contribution is -0.140. The van der Waals surface area contributed by atoms with E-state index in [-0.39, 0.29) is 5.92 Å². The summed E-state index contributed by atoms with van der Waals surface area (Å²) < 4.78 is 19.8. The van der Waals surface area contributed by atoms with Gasteiger partial charge in [0.25, 0.3) is 0 Å². The highest BCUT2D eigenvalue weighted by molar-refractivity contribution is 14.1. The van der Waals surface area contributed by atoms with Crippen LogP contribution in [0.3, 0.4) is 0 Å². The molecule has 2 unspecified atom stereocenters. The van der Waals surface area contributed by atoms with Crippen LogP contribution >= 0.6 is 22.6 Å². The molecule has 3 rings (SSSR count). The van der Waals surface area contributed by atoms with E-state index in [1.54, 1.807) is 14.2 Å². The predicted molar refractivity (Wildman–Crippen MR) is 139 cm³/mol. The molecular formula is C26H37IN2O5. The highest BCUT2D eigenvalue weighted by Gasteiger charge is 2.32. The Balaban J connectivity index is 1.87. The average molecular weight is 584 g/mol. The molecule has 0 bridgehead atoms. The van der Waals surface area contributed by atoms with E-state index in [9.17, 15) is 9.90 Å². The number of benzene rings is 1. The Hall–Kier alpha value is -1.49. The number of rotatable bonds is 14. The minimum atomic E-state index is -0.718. The molecule has 0 radical (unpaired) electrons. The zero-order chi connectivity index (χ0) is 24.5. The number of carbonyl (C=O) groups is 1. The molecular weight excluding hydrogens is 547 g/mol. The molecule has 0 amide bonds. The lowest BCUT2D eigenvalue weighted by Crippen LogP contribution is -2.20.